The summed E-state index contributed by atoms with van der Waals surface area (Å²) in [6.07, 6.45) is 47.5. The normalized spacial score (nSPS) is 11.4. The predicted molar refractivity (Wildman–Crippen MR) is 232 cm³/mol. The molecule has 0 aliphatic heterocycles. The maximum Gasteiger partial charge on any atom is 0.230 e. The van der Waals surface area contributed by atoms with E-state index in [4.69, 9.17) is 0 Å². The fourth-order valence-electron chi connectivity index (χ4n) is 7.68. The van der Waals surface area contributed by atoms with Gasteiger partial charge in [0.25, 0.3) is 0 Å². The molecule has 0 bridgehead atoms. The van der Waals surface area contributed by atoms with Crippen LogP contribution < -0.4 is 0 Å². The van der Waals surface area contributed by atoms with Gasteiger partial charge in [-0.2, -0.15) is 0 Å². The van der Waals surface area contributed by atoms with E-state index in [1.54, 1.807) is 36.9 Å². The molecule has 0 aromatic carbocycles. The molecule has 55 heavy (non-hydrogen) atoms. The van der Waals surface area contributed by atoms with Gasteiger partial charge in [-0.25, -0.2) is 0 Å². The standard InChI is InChI=1S/C49H82N2O4/c1-3-5-7-9-11-13-15-17-19-21-23-25-27-29-31-34-46(52)44-38-40-50(42-44)48(54)36-33-37-49(55)51-41-39-45(43-51)47(53)35-32-30-28-26-24-22-20-18-16-14-12-10-8-6-4-2/h38-43H,3-37H2,1-2H3. The van der Waals surface area contributed by atoms with Gasteiger partial charge in [-0.05, 0) is 31.4 Å². The lowest BCUT2D eigenvalue weighted by Crippen LogP contribution is -2.12. The zero-order valence-electron chi connectivity index (χ0n) is 35.7. The van der Waals surface area contributed by atoms with Crippen molar-refractivity contribution in [3.8, 4) is 0 Å². The number of ketones is 2. The highest BCUT2D eigenvalue weighted by atomic mass is 16.2. The van der Waals surface area contributed by atoms with Crippen LogP contribution in [0.4, 0.5) is 0 Å². The molecule has 0 amide bonds. The van der Waals surface area contributed by atoms with Crippen LogP contribution in [-0.2, 0) is 0 Å². The Morgan fingerprint density at radius 1 is 0.345 bits per heavy atom. The minimum atomic E-state index is -0.120. The van der Waals surface area contributed by atoms with E-state index in [2.05, 4.69) is 13.8 Å². The molecule has 2 heterocycles. The summed E-state index contributed by atoms with van der Waals surface area (Å²) < 4.78 is 2.96. The van der Waals surface area contributed by atoms with E-state index < -0.39 is 0 Å². The van der Waals surface area contributed by atoms with Crippen molar-refractivity contribution in [3.63, 3.8) is 0 Å². The largest absolute Gasteiger partial charge is 0.294 e. The van der Waals surface area contributed by atoms with Gasteiger partial charge in [0.2, 0.25) is 11.8 Å². The summed E-state index contributed by atoms with van der Waals surface area (Å²) in [6.45, 7) is 4.54. The third-order valence-electron chi connectivity index (χ3n) is 11.4. The number of rotatable bonds is 38. The van der Waals surface area contributed by atoms with Crippen LogP contribution in [0.3, 0.4) is 0 Å². The topological polar surface area (TPSA) is 78.1 Å². The van der Waals surface area contributed by atoms with Gasteiger partial charge < -0.3 is 0 Å². The number of carbonyl (C=O) groups is 4. The molecule has 0 fully saturated rings. The van der Waals surface area contributed by atoms with Crippen molar-refractivity contribution >= 4 is 23.4 Å². The van der Waals surface area contributed by atoms with E-state index in [1.807, 2.05) is 0 Å². The summed E-state index contributed by atoms with van der Waals surface area (Å²) in [5.74, 6) is -0.0562. The highest BCUT2D eigenvalue weighted by Gasteiger charge is 2.14. The third-order valence-corrected chi connectivity index (χ3v) is 11.4. The van der Waals surface area contributed by atoms with Crippen LogP contribution in [0.15, 0.2) is 36.9 Å². The number of Topliss-reactive ketones (excluding diaryl/α,β-unsaturated/α-hetero) is 2. The Labute approximate surface area is 337 Å². The van der Waals surface area contributed by atoms with E-state index in [0.717, 1.165) is 25.7 Å². The molecule has 312 valence electrons. The van der Waals surface area contributed by atoms with Gasteiger partial charge in [-0.3, -0.25) is 28.3 Å². The maximum absolute atomic E-state index is 12.8. The molecule has 2 aromatic heterocycles. The summed E-state index contributed by atoms with van der Waals surface area (Å²) in [5, 5.41) is 0. The lowest BCUT2D eigenvalue weighted by molar-refractivity contribution is 0.0874. The molecule has 0 unspecified atom stereocenters. The Kier molecular flexibility index (Phi) is 29.4. The first-order valence-corrected chi connectivity index (χ1v) is 23.4. The van der Waals surface area contributed by atoms with Crippen molar-refractivity contribution < 1.29 is 19.2 Å². The molecule has 0 saturated carbocycles. The Hall–Kier alpha value is -2.76. The zero-order valence-corrected chi connectivity index (χ0v) is 35.7. The van der Waals surface area contributed by atoms with Crippen LogP contribution in [0.2, 0.25) is 0 Å². The Bertz CT molecular complexity index is 1180. The van der Waals surface area contributed by atoms with Gasteiger partial charge in [-0.15, -0.1) is 0 Å². The van der Waals surface area contributed by atoms with Crippen molar-refractivity contribution in [1.29, 1.82) is 0 Å². The minimum Gasteiger partial charge on any atom is -0.294 e. The molecule has 2 rings (SSSR count). The van der Waals surface area contributed by atoms with Crippen LogP contribution in [0.25, 0.3) is 0 Å². The molecule has 0 aliphatic rings. The molecule has 2 aromatic rings. The second-order valence-electron chi connectivity index (χ2n) is 16.5. The second kappa shape index (κ2) is 33.4. The van der Waals surface area contributed by atoms with Gasteiger partial charge >= 0.3 is 0 Å². The minimum absolute atomic E-state index is 0.0916. The summed E-state index contributed by atoms with van der Waals surface area (Å²) in [4.78, 5) is 51.0. The Morgan fingerprint density at radius 3 is 0.873 bits per heavy atom. The molecule has 0 radical (unpaired) electrons. The summed E-state index contributed by atoms with van der Waals surface area (Å²) >= 11 is 0. The predicted octanol–water partition coefficient (Wildman–Crippen LogP) is 15.3. The van der Waals surface area contributed by atoms with E-state index in [9.17, 15) is 19.2 Å². The zero-order chi connectivity index (χ0) is 39.6. The molecule has 0 aliphatic carbocycles. The van der Waals surface area contributed by atoms with Crippen LogP contribution >= 0.6 is 0 Å². The Morgan fingerprint density at radius 2 is 0.600 bits per heavy atom. The van der Waals surface area contributed by atoms with Crippen molar-refractivity contribution in [2.75, 3.05) is 0 Å². The van der Waals surface area contributed by atoms with Crippen molar-refractivity contribution in [3.05, 3.63) is 48.0 Å². The summed E-state index contributed by atoms with van der Waals surface area (Å²) in [7, 11) is 0. The second-order valence-corrected chi connectivity index (χ2v) is 16.5. The molecule has 6 heteroatoms. The van der Waals surface area contributed by atoms with Gasteiger partial charge in [0, 0.05) is 61.6 Å². The highest BCUT2D eigenvalue weighted by molar-refractivity contribution is 5.97. The van der Waals surface area contributed by atoms with Gasteiger partial charge in [0.15, 0.2) is 11.6 Å². The quantitative estimate of drug-likeness (QED) is 0.0504. The molecule has 0 spiro atoms. The molecule has 6 nitrogen and oxygen atoms in total. The van der Waals surface area contributed by atoms with E-state index in [1.165, 1.54) is 176 Å². The van der Waals surface area contributed by atoms with Crippen molar-refractivity contribution in [2.24, 2.45) is 0 Å². The first-order valence-electron chi connectivity index (χ1n) is 23.4. The van der Waals surface area contributed by atoms with E-state index >= 15 is 0 Å². The molecular weight excluding hydrogens is 681 g/mol. The molecule has 0 atom stereocenters. The smallest absolute Gasteiger partial charge is 0.230 e. The van der Waals surface area contributed by atoms with Gasteiger partial charge in [0.1, 0.15) is 0 Å². The number of unbranched alkanes of at least 4 members (excludes halogenated alkanes) is 28. The van der Waals surface area contributed by atoms with Crippen molar-refractivity contribution in [2.45, 2.75) is 239 Å². The van der Waals surface area contributed by atoms with Crippen LogP contribution in [-0.4, -0.2) is 32.5 Å². The van der Waals surface area contributed by atoms with Crippen molar-refractivity contribution in [1.82, 2.24) is 9.13 Å². The van der Waals surface area contributed by atoms with Gasteiger partial charge in [-0.1, -0.05) is 194 Å². The number of hydrogen-bond acceptors (Lipinski definition) is 4. The number of nitrogens with zero attached hydrogens (tertiary/aromatic N) is 2. The highest BCUT2D eigenvalue weighted by Crippen LogP contribution is 2.17. The van der Waals surface area contributed by atoms with Crippen LogP contribution in [0.5, 0.6) is 0 Å². The number of carbonyl (C=O) groups excluding carboxylic acids is 4. The lowest BCUT2D eigenvalue weighted by atomic mass is 10.0. The molecule has 0 N–H and O–H groups in total. The Balaban J connectivity index is 1.47. The van der Waals surface area contributed by atoms with Crippen LogP contribution in [0, 0.1) is 0 Å². The number of aromatic nitrogens is 2. The fraction of sp³-hybridized carbons (Fsp3) is 0.755. The average molecular weight is 763 g/mol. The fourth-order valence-corrected chi connectivity index (χ4v) is 7.68. The lowest BCUT2D eigenvalue weighted by Gasteiger charge is -2.04. The van der Waals surface area contributed by atoms with E-state index in [-0.39, 0.29) is 36.2 Å². The summed E-state index contributed by atoms with van der Waals surface area (Å²) in [6, 6.07) is 3.46. The average Bonchev–Trinajstić information content (AvgIpc) is 3.90. The maximum atomic E-state index is 12.8. The first kappa shape index (κ1) is 48.4. The first-order chi connectivity index (χ1) is 27.0. The third kappa shape index (κ3) is 24.5. The van der Waals surface area contributed by atoms with Crippen LogP contribution in [0.1, 0.15) is 269 Å². The molecule has 0 saturated heterocycles. The van der Waals surface area contributed by atoms with E-state index in [0.29, 0.717) is 30.4 Å². The SMILES string of the molecule is CCCCCCCCCCCCCCCCCC(=O)c1ccn(C(=O)CCCC(=O)n2ccc(C(=O)CCCCCCCCCCCCCCCCC)c2)c1. The number of hydrogen-bond donors (Lipinski definition) is 0. The monoisotopic (exact) mass is 763 g/mol. The summed E-state index contributed by atoms with van der Waals surface area (Å²) in [5.41, 5.74) is 1.17. The van der Waals surface area contributed by atoms with Gasteiger partial charge in [0.05, 0.1) is 0 Å². The molecular formula is C49H82N2O4.